The van der Waals surface area contributed by atoms with E-state index in [0.717, 1.165) is 31.8 Å². The van der Waals surface area contributed by atoms with Crippen molar-refractivity contribution in [2.75, 3.05) is 26.2 Å². The molecule has 0 aliphatic carbocycles. The summed E-state index contributed by atoms with van der Waals surface area (Å²) in [6, 6.07) is 10.5. The van der Waals surface area contributed by atoms with Gasteiger partial charge in [-0.2, -0.15) is 0 Å². The number of carbonyl (C=O) groups is 1. The van der Waals surface area contributed by atoms with E-state index in [0.29, 0.717) is 12.3 Å². The second-order valence-electron chi connectivity index (χ2n) is 7.23. The summed E-state index contributed by atoms with van der Waals surface area (Å²) in [6.07, 6.45) is 5.42. The zero-order chi connectivity index (χ0) is 16.5. The van der Waals surface area contributed by atoms with Crippen LogP contribution in [-0.4, -0.2) is 37.0 Å². The van der Waals surface area contributed by atoms with Crippen LogP contribution < -0.4 is 5.32 Å². The Morgan fingerprint density at radius 3 is 2.87 bits per heavy atom. The second kappa shape index (κ2) is 9.71. The molecule has 0 spiro atoms. The van der Waals surface area contributed by atoms with Crippen LogP contribution in [0.2, 0.25) is 0 Å². The molecule has 0 saturated carbocycles. The van der Waals surface area contributed by atoms with Crippen LogP contribution in [0.5, 0.6) is 0 Å². The van der Waals surface area contributed by atoms with Gasteiger partial charge in [-0.05, 0) is 49.6 Å². The van der Waals surface area contributed by atoms with Crippen molar-refractivity contribution in [2.45, 2.75) is 46.0 Å². The Morgan fingerprint density at radius 1 is 1.35 bits per heavy atom. The van der Waals surface area contributed by atoms with E-state index in [1.54, 1.807) is 0 Å². The molecular formula is C20H32N2O. The number of likely N-dealkylation sites (tertiary alicyclic amines) is 1. The minimum atomic E-state index is 0.204. The number of nitrogens with one attached hydrogen (secondary N) is 1. The first kappa shape index (κ1) is 18.0. The van der Waals surface area contributed by atoms with Gasteiger partial charge in [0.15, 0.2) is 0 Å². The summed E-state index contributed by atoms with van der Waals surface area (Å²) in [5.74, 6) is 1.44. The normalized spacial score (nSPS) is 20.2. The quantitative estimate of drug-likeness (QED) is 0.796. The molecule has 0 aromatic heterocycles. The minimum absolute atomic E-state index is 0.204. The van der Waals surface area contributed by atoms with Crippen LogP contribution >= 0.6 is 0 Å². The number of hydrogen-bond acceptors (Lipinski definition) is 2. The van der Waals surface area contributed by atoms with Gasteiger partial charge in [-0.15, -0.1) is 0 Å². The Kier molecular flexibility index (Phi) is 7.60. The van der Waals surface area contributed by atoms with Gasteiger partial charge in [0, 0.05) is 26.1 Å². The lowest BCUT2D eigenvalue weighted by atomic mass is 9.98. The van der Waals surface area contributed by atoms with E-state index in [-0.39, 0.29) is 5.91 Å². The first-order valence-corrected chi connectivity index (χ1v) is 9.16. The Balaban J connectivity index is 1.56. The molecule has 1 saturated heterocycles. The highest BCUT2D eigenvalue weighted by Gasteiger charge is 2.16. The van der Waals surface area contributed by atoms with Gasteiger partial charge < -0.3 is 10.2 Å². The van der Waals surface area contributed by atoms with Crippen molar-refractivity contribution in [3.8, 4) is 0 Å². The number of nitrogens with zero attached hydrogens (tertiary/aromatic N) is 1. The summed E-state index contributed by atoms with van der Waals surface area (Å²) < 4.78 is 0. The molecular weight excluding hydrogens is 284 g/mol. The number of hydrogen-bond donors (Lipinski definition) is 1. The average Bonchev–Trinajstić information content (AvgIpc) is 2.54. The van der Waals surface area contributed by atoms with E-state index in [1.807, 2.05) is 6.07 Å². The lowest BCUT2D eigenvalue weighted by Gasteiger charge is -2.30. The van der Waals surface area contributed by atoms with E-state index < -0.39 is 0 Å². The van der Waals surface area contributed by atoms with Crippen LogP contribution in [0.25, 0.3) is 0 Å². The van der Waals surface area contributed by atoms with E-state index >= 15 is 0 Å². The van der Waals surface area contributed by atoms with Crippen molar-refractivity contribution in [1.29, 1.82) is 0 Å². The number of piperidine rings is 1. The van der Waals surface area contributed by atoms with Crippen molar-refractivity contribution in [3.05, 3.63) is 35.9 Å². The van der Waals surface area contributed by atoms with Crippen LogP contribution in [-0.2, 0) is 11.2 Å². The summed E-state index contributed by atoms with van der Waals surface area (Å²) in [4.78, 5) is 14.5. The first-order chi connectivity index (χ1) is 11.1. The summed E-state index contributed by atoms with van der Waals surface area (Å²) in [5.41, 5.74) is 1.36. The molecule has 1 heterocycles. The fraction of sp³-hybridized carbons (Fsp3) is 0.650. The number of benzene rings is 1. The molecule has 2 unspecified atom stereocenters. The fourth-order valence-corrected chi connectivity index (χ4v) is 3.39. The molecule has 1 fully saturated rings. The van der Waals surface area contributed by atoms with Gasteiger partial charge in [0.25, 0.3) is 0 Å². The highest BCUT2D eigenvalue weighted by molar-refractivity contribution is 5.76. The maximum Gasteiger partial charge on any atom is 0.220 e. The molecule has 2 atom stereocenters. The lowest BCUT2D eigenvalue weighted by molar-refractivity contribution is -0.122. The third-order valence-corrected chi connectivity index (χ3v) is 4.79. The lowest BCUT2D eigenvalue weighted by Crippen LogP contribution is -2.40. The van der Waals surface area contributed by atoms with Gasteiger partial charge in [-0.25, -0.2) is 0 Å². The molecule has 1 aromatic rings. The maximum absolute atomic E-state index is 12.0. The molecule has 0 bridgehead atoms. The van der Waals surface area contributed by atoms with Gasteiger partial charge in [-0.3, -0.25) is 4.79 Å². The molecule has 0 radical (unpaired) electrons. The second-order valence-corrected chi connectivity index (χ2v) is 7.23. The van der Waals surface area contributed by atoms with Crippen LogP contribution in [0.3, 0.4) is 0 Å². The highest BCUT2D eigenvalue weighted by Crippen LogP contribution is 2.15. The minimum Gasteiger partial charge on any atom is -0.355 e. The molecule has 128 valence electrons. The summed E-state index contributed by atoms with van der Waals surface area (Å²) in [6.45, 7) is 8.65. The fourth-order valence-electron chi connectivity index (χ4n) is 3.39. The Morgan fingerprint density at radius 2 is 2.13 bits per heavy atom. The monoisotopic (exact) mass is 316 g/mol. The van der Waals surface area contributed by atoms with Crippen molar-refractivity contribution >= 4 is 5.91 Å². The van der Waals surface area contributed by atoms with Gasteiger partial charge in [0.05, 0.1) is 0 Å². The number of carbonyl (C=O) groups excluding carboxylic acids is 1. The first-order valence-electron chi connectivity index (χ1n) is 9.16. The topological polar surface area (TPSA) is 32.3 Å². The van der Waals surface area contributed by atoms with E-state index in [4.69, 9.17) is 0 Å². The van der Waals surface area contributed by atoms with E-state index in [9.17, 15) is 4.79 Å². The summed E-state index contributed by atoms with van der Waals surface area (Å²) in [7, 11) is 0. The van der Waals surface area contributed by atoms with E-state index in [1.165, 1.54) is 31.5 Å². The molecule has 23 heavy (non-hydrogen) atoms. The van der Waals surface area contributed by atoms with Crippen molar-refractivity contribution in [3.63, 3.8) is 0 Å². The molecule has 3 heteroatoms. The molecule has 2 rings (SSSR count). The van der Waals surface area contributed by atoms with Crippen molar-refractivity contribution < 1.29 is 4.79 Å². The van der Waals surface area contributed by atoms with Crippen LogP contribution in [0, 0.1) is 11.8 Å². The molecule has 1 aliphatic rings. The van der Waals surface area contributed by atoms with Gasteiger partial charge in [0.2, 0.25) is 5.91 Å². The standard InChI is InChI=1S/C20H32N2O/c1-17(10-11-19-8-4-3-5-9-19)15-20(23)21-12-14-22-13-6-7-18(2)16-22/h3-5,8-9,17-18H,6-7,10-16H2,1-2H3,(H,21,23). The predicted octanol–water partition coefficient (Wildman–Crippen LogP) is 3.49. The van der Waals surface area contributed by atoms with Crippen LogP contribution in [0.4, 0.5) is 0 Å². The zero-order valence-corrected chi connectivity index (χ0v) is 14.8. The highest BCUT2D eigenvalue weighted by atomic mass is 16.1. The molecule has 1 amide bonds. The Bertz CT molecular complexity index is 460. The summed E-state index contributed by atoms with van der Waals surface area (Å²) in [5, 5.41) is 3.09. The molecule has 1 aliphatic heterocycles. The number of amides is 1. The smallest absolute Gasteiger partial charge is 0.220 e. The molecule has 1 aromatic carbocycles. The predicted molar refractivity (Wildman–Crippen MR) is 96.4 cm³/mol. The number of rotatable bonds is 8. The maximum atomic E-state index is 12.0. The Labute approximate surface area is 141 Å². The van der Waals surface area contributed by atoms with E-state index in [2.05, 4.69) is 48.3 Å². The SMILES string of the molecule is CC(CCc1ccccc1)CC(=O)NCCN1CCCC(C)C1. The largest absolute Gasteiger partial charge is 0.355 e. The number of aryl methyl sites for hydroxylation is 1. The molecule has 3 nitrogen and oxygen atoms in total. The molecule has 1 N–H and O–H groups in total. The third-order valence-electron chi connectivity index (χ3n) is 4.79. The van der Waals surface area contributed by atoms with Crippen LogP contribution in [0.15, 0.2) is 30.3 Å². The van der Waals surface area contributed by atoms with Crippen molar-refractivity contribution in [1.82, 2.24) is 10.2 Å². The van der Waals surface area contributed by atoms with Gasteiger partial charge >= 0.3 is 0 Å². The van der Waals surface area contributed by atoms with Gasteiger partial charge in [-0.1, -0.05) is 44.2 Å². The average molecular weight is 316 g/mol. The third kappa shape index (κ3) is 7.17. The zero-order valence-electron chi connectivity index (χ0n) is 14.8. The van der Waals surface area contributed by atoms with Crippen molar-refractivity contribution in [2.24, 2.45) is 11.8 Å². The van der Waals surface area contributed by atoms with Crippen LogP contribution in [0.1, 0.15) is 45.1 Å². The summed E-state index contributed by atoms with van der Waals surface area (Å²) >= 11 is 0. The Hall–Kier alpha value is -1.35. The van der Waals surface area contributed by atoms with Gasteiger partial charge in [0.1, 0.15) is 0 Å².